The number of hydrogen-bond acceptors (Lipinski definition) is 3. The lowest BCUT2D eigenvalue weighted by Gasteiger charge is -2.24. The summed E-state index contributed by atoms with van der Waals surface area (Å²) >= 11 is 0. The van der Waals surface area contributed by atoms with E-state index < -0.39 is 0 Å². The zero-order valence-corrected chi connectivity index (χ0v) is 19.1. The van der Waals surface area contributed by atoms with Crippen LogP contribution in [0.1, 0.15) is 69.0 Å². The summed E-state index contributed by atoms with van der Waals surface area (Å²) in [5, 5.41) is 7.18. The van der Waals surface area contributed by atoms with Crippen molar-refractivity contribution < 1.29 is 4.74 Å². The fraction of sp³-hybridized carbons (Fsp3) is 0.345. The van der Waals surface area contributed by atoms with Crippen LogP contribution in [0.3, 0.4) is 0 Å². The minimum absolute atomic E-state index is 0.181. The fourth-order valence-corrected chi connectivity index (χ4v) is 4.25. The van der Waals surface area contributed by atoms with Crippen LogP contribution >= 0.6 is 0 Å². The molecule has 0 spiro atoms. The number of hydrogen-bond donors (Lipinski definition) is 0. The summed E-state index contributed by atoms with van der Waals surface area (Å²) in [5.41, 5.74) is 4.69. The first-order valence-corrected chi connectivity index (χ1v) is 12.0. The molecule has 0 N–H and O–H groups in total. The molecule has 0 aliphatic carbocycles. The number of hydrazone groups is 1. The summed E-state index contributed by atoms with van der Waals surface area (Å²) < 4.78 is 5.99. The molecule has 3 nitrogen and oxygen atoms in total. The van der Waals surface area contributed by atoms with Crippen molar-refractivity contribution >= 4 is 11.4 Å². The van der Waals surface area contributed by atoms with Gasteiger partial charge in [-0.15, -0.1) is 0 Å². The third-order valence-corrected chi connectivity index (χ3v) is 6.07. The fourth-order valence-electron chi connectivity index (χ4n) is 4.25. The monoisotopic (exact) mass is 426 g/mol. The second kappa shape index (κ2) is 11.5. The molecule has 1 atom stereocenters. The Morgan fingerprint density at radius 1 is 0.781 bits per heavy atom. The SMILES string of the molecule is CCCCCCCCOc1ccc(C2CC(c3ccccc3)=NN2c2ccccc2)cc1. The van der Waals surface area contributed by atoms with Crippen molar-refractivity contribution in [3.8, 4) is 5.75 Å². The second-order valence-corrected chi connectivity index (χ2v) is 8.50. The predicted molar refractivity (Wildman–Crippen MR) is 135 cm³/mol. The Morgan fingerprint density at radius 3 is 2.16 bits per heavy atom. The van der Waals surface area contributed by atoms with Crippen LogP contribution in [-0.2, 0) is 0 Å². The molecular weight excluding hydrogens is 392 g/mol. The third-order valence-electron chi connectivity index (χ3n) is 6.07. The Balaban J connectivity index is 1.41. The molecule has 1 unspecified atom stereocenters. The van der Waals surface area contributed by atoms with Crippen molar-refractivity contribution in [3.05, 3.63) is 96.1 Å². The Hall–Kier alpha value is -3.07. The van der Waals surface area contributed by atoms with Gasteiger partial charge in [-0.2, -0.15) is 5.10 Å². The number of para-hydroxylation sites is 1. The highest BCUT2D eigenvalue weighted by atomic mass is 16.5. The van der Waals surface area contributed by atoms with Gasteiger partial charge in [-0.1, -0.05) is 99.7 Å². The lowest BCUT2D eigenvalue weighted by atomic mass is 9.98. The molecule has 3 aromatic rings. The summed E-state index contributed by atoms with van der Waals surface area (Å²) in [6, 6.07) is 29.7. The van der Waals surface area contributed by atoms with Gasteiger partial charge in [-0.3, -0.25) is 5.01 Å². The smallest absolute Gasteiger partial charge is 0.119 e. The van der Waals surface area contributed by atoms with Gasteiger partial charge in [-0.25, -0.2) is 0 Å². The van der Waals surface area contributed by atoms with Gasteiger partial charge in [0.2, 0.25) is 0 Å². The van der Waals surface area contributed by atoms with Crippen molar-refractivity contribution in [1.82, 2.24) is 0 Å². The standard InChI is InChI=1S/C29H34N2O/c1-2-3-4-5-6-13-22-32-27-20-18-25(19-21-27)29-23-28(24-14-9-7-10-15-24)30-31(29)26-16-11-8-12-17-26/h7-12,14-21,29H,2-6,13,22-23H2,1H3. The molecule has 166 valence electrons. The normalized spacial score (nSPS) is 15.6. The van der Waals surface area contributed by atoms with Gasteiger partial charge in [0.25, 0.3) is 0 Å². The van der Waals surface area contributed by atoms with Gasteiger partial charge in [0.15, 0.2) is 0 Å². The molecule has 3 aromatic carbocycles. The lowest BCUT2D eigenvalue weighted by molar-refractivity contribution is 0.304. The van der Waals surface area contributed by atoms with Gasteiger partial charge in [0, 0.05) is 6.42 Å². The Labute approximate surface area is 192 Å². The van der Waals surface area contributed by atoms with E-state index in [1.807, 2.05) is 6.07 Å². The lowest BCUT2D eigenvalue weighted by Crippen LogP contribution is -2.18. The Kier molecular flexibility index (Phi) is 7.97. The van der Waals surface area contributed by atoms with E-state index in [0.717, 1.165) is 36.6 Å². The molecule has 1 aliphatic rings. The van der Waals surface area contributed by atoms with Crippen molar-refractivity contribution in [1.29, 1.82) is 0 Å². The van der Waals surface area contributed by atoms with E-state index in [4.69, 9.17) is 9.84 Å². The van der Waals surface area contributed by atoms with Crippen LogP contribution in [0.15, 0.2) is 90.0 Å². The summed E-state index contributed by atoms with van der Waals surface area (Å²) in [6.07, 6.45) is 8.57. The van der Waals surface area contributed by atoms with E-state index >= 15 is 0 Å². The van der Waals surface area contributed by atoms with Crippen LogP contribution in [0.5, 0.6) is 5.75 Å². The van der Waals surface area contributed by atoms with Crippen LogP contribution in [-0.4, -0.2) is 12.3 Å². The summed E-state index contributed by atoms with van der Waals surface area (Å²) in [7, 11) is 0. The van der Waals surface area contributed by atoms with Crippen LogP contribution < -0.4 is 9.75 Å². The molecule has 32 heavy (non-hydrogen) atoms. The average Bonchev–Trinajstić information content (AvgIpc) is 3.31. The van der Waals surface area contributed by atoms with Gasteiger partial charge in [-0.05, 0) is 41.8 Å². The topological polar surface area (TPSA) is 24.8 Å². The van der Waals surface area contributed by atoms with Crippen LogP contribution in [0.2, 0.25) is 0 Å². The highest BCUT2D eigenvalue weighted by Crippen LogP contribution is 2.37. The first kappa shape index (κ1) is 22.1. The summed E-state index contributed by atoms with van der Waals surface area (Å²) in [5.74, 6) is 0.954. The molecule has 0 fully saturated rings. The van der Waals surface area contributed by atoms with E-state index in [-0.39, 0.29) is 6.04 Å². The molecule has 0 saturated heterocycles. The van der Waals surface area contributed by atoms with E-state index in [1.54, 1.807) is 0 Å². The van der Waals surface area contributed by atoms with Crippen molar-refractivity contribution in [2.24, 2.45) is 5.10 Å². The predicted octanol–water partition coefficient (Wildman–Crippen LogP) is 7.78. The maximum atomic E-state index is 5.99. The third kappa shape index (κ3) is 5.79. The molecule has 0 saturated carbocycles. The Morgan fingerprint density at radius 2 is 1.44 bits per heavy atom. The van der Waals surface area contributed by atoms with E-state index in [2.05, 4.69) is 90.8 Å². The van der Waals surface area contributed by atoms with Crippen LogP contribution in [0.25, 0.3) is 0 Å². The van der Waals surface area contributed by atoms with E-state index in [9.17, 15) is 0 Å². The maximum absolute atomic E-state index is 5.99. The number of nitrogens with zero attached hydrogens (tertiary/aromatic N) is 2. The first-order valence-electron chi connectivity index (χ1n) is 12.0. The highest BCUT2D eigenvalue weighted by molar-refractivity contribution is 6.03. The van der Waals surface area contributed by atoms with Crippen molar-refractivity contribution in [3.63, 3.8) is 0 Å². The van der Waals surface area contributed by atoms with Crippen molar-refractivity contribution in [2.45, 2.75) is 57.9 Å². The molecule has 3 heteroatoms. The molecule has 0 radical (unpaired) electrons. The number of ether oxygens (including phenoxy) is 1. The van der Waals surface area contributed by atoms with Gasteiger partial charge in [0.1, 0.15) is 5.75 Å². The summed E-state index contributed by atoms with van der Waals surface area (Å²) in [6.45, 7) is 3.05. The average molecular weight is 427 g/mol. The minimum atomic E-state index is 0.181. The van der Waals surface area contributed by atoms with Gasteiger partial charge in [0.05, 0.1) is 24.0 Å². The zero-order chi connectivity index (χ0) is 22.0. The molecule has 0 bridgehead atoms. The van der Waals surface area contributed by atoms with Crippen molar-refractivity contribution in [2.75, 3.05) is 11.6 Å². The molecule has 0 aromatic heterocycles. The number of benzene rings is 3. The molecule has 1 heterocycles. The molecule has 0 amide bonds. The minimum Gasteiger partial charge on any atom is -0.494 e. The summed E-state index contributed by atoms with van der Waals surface area (Å²) in [4.78, 5) is 0. The van der Waals surface area contributed by atoms with Gasteiger partial charge >= 0.3 is 0 Å². The highest BCUT2D eigenvalue weighted by Gasteiger charge is 2.29. The number of rotatable bonds is 11. The molecule has 1 aliphatic heterocycles. The largest absolute Gasteiger partial charge is 0.494 e. The number of unbranched alkanes of at least 4 members (excludes halogenated alkanes) is 5. The number of anilines is 1. The van der Waals surface area contributed by atoms with E-state index in [1.165, 1.54) is 43.2 Å². The maximum Gasteiger partial charge on any atom is 0.119 e. The quantitative estimate of drug-likeness (QED) is 0.292. The van der Waals surface area contributed by atoms with E-state index in [0.29, 0.717) is 0 Å². The zero-order valence-electron chi connectivity index (χ0n) is 19.1. The van der Waals surface area contributed by atoms with Gasteiger partial charge < -0.3 is 4.74 Å². The van der Waals surface area contributed by atoms with Crippen LogP contribution in [0.4, 0.5) is 5.69 Å². The molecular formula is C29H34N2O. The Bertz CT molecular complexity index is 967. The molecule has 4 rings (SSSR count). The van der Waals surface area contributed by atoms with Crippen LogP contribution in [0, 0.1) is 0 Å². The second-order valence-electron chi connectivity index (χ2n) is 8.50. The first-order chi connectivity index (χ1) is 15.8.